The minimum absolute atomic E-state index is 0.183. The van der Waals surface area contributed by atoms with Crippen LogP contribution in [-0.4, -0.2) is 35.8 Å². The normalized spacial score (nSPS) is 14.7. The second-order valence-electron chi connectivity index (χ2n) is 3.94. The van der Waals surface area contributed by atoms with Gasteiger partial charge in [0.1, 0.15) is 6.61 Å². The summed E-state index contributed by atoms with van der Waals surface area (Å²) < 4.78 is 4.71. The molecule has 0 radical (unpaired) electrons. The molecule has 0 aliphatic carbocycles. The third kappa shape index (κ3) is 2.59. The first-order valence-electron chi connectivity index (χ1n) is 5.54. The van der Waals surface area contributed by atoms with Crippen LogP contribution in [0.5, 0.6) is 0 Å². The van der Waals surface area contributed by atoms with Gasteiger partial charge in [-0.25, -0.2) is 9.69 Å². The fourth-order valence-corrected chi connectivity index (χ4v) is 2.54. The molecule has 2 amide bonds. The summed E-state index contributed by atoms with van der Waals surface area (Å²) >= 11 is 1.33. The number of hydrogen-bond donors (Lipinski definition) is 1. The summed E-state index contributed by atoms with van der Waals surface area (Å²) in [6.07, 6.45) is -0.558. The minimum Gasteiger partial charge on any atom is -0.447 e. The van der Waals surface area contributed by atoms with E-state index in [1.807, 2.05) is 25.1 Å². The third-order valence-corrected chi connectivity index (χ3v) is 3.76. The van der Waals surface area contributed by atoms with E-state index in [1.165, 1.54) is 11.8 Å². The number of carbonyl (C=O) groups is 2. The van der Waals surface area contributed by atoms with Gasteiger partial charge in [-0.15, -0.1) is 11.8 Å². The van der Waals surface area contributed by atoms with Crippen LogP contribution in [0.3, 0.4) is 0 Å². The lowest BCUT2D eigenvalue weighted by molar-refractivity contribution is -0.124. The fourth-order valence-electron chi connectivity index (χ4n) is 1.62. The summed E-state index contributed by atoms with van der Waals surface area (Å²) in [6.45, 7) is 2.53. The zero-order valence-corrected chi connectivity index (χ0v) is 10.8. The van der Waals surface area contributed by atoms with Crippen LogP contribution in [0.15, 0.2) is 23.1 Å². The summed E-state index contributed by atoms with van der Waals surface area (Å²) in [5, 5.41) is 0. The number of nitrogens with zero attached hydrogens (tertiary/aromatic N) is 1. The van der Waals surface area contributed by atoms with E-state index in [-0.39, 0.29) is 18.3 Å². The highest BCUT2D eigenvalue weighted by Crippen LogP contribution is 2.27. The van der Waals surface area contributed by atoms with Gasteiger partial charge in [0.2, 0.25) is 5.91 Å². The molecule has 1 aliphatic heterocycles. The highest BCUT2D eigenvalue weighted by atomic mass is 32.2. The van der Waals surface area contributed by atoms with Crippen molar-refractivity contribution in [2.24, 2.45) is 0 Å². The standard InChI is InChI=1S/C12H14N2O3S/c1-8-3-2-4-9(11(8)13)18-7-10(15)14-5-6-17-12(14)16/h2-4H,5-7,13H2,1H3. The quantitative estimate of drug-likeness (QED) is 0.665. The van der Waals surface area contributed by atoms with Gasteiger partial charge in [-0.3, -0.25) is 4.79 Å². The summed E-state index contributed by atoms with van der Waals surface area (Å²) in [5.74, 6) is -0.0636. The lowest BCUT2D eigenvalue weighted by atomic mass is 10.2. The summed E-state index contributed by atoms with van der Waals surface area (Å²) in [7, 11) is 0. The van der Waals surface area contributed by atoms with Gasteiger partial charge < -0.3 is 10.5 Å². The molecule has 0 atom stereocenters. The van der Waals surface area contributed by atoms with Gasteiger partial charge in [-0.05, 0) is 18.6 Å². The van der Waals surface area contributed by atoms with Crippen molar-refractivity contribution in [3.8, 4) is 0 Å². The van der Waals surface area contributed by atoms with Gasteiger partial charge in [0.25, 0.3) is 0 Å². The lowest BCUT2D eigenvalue weighted by Crippen LogP contribution is -2.32. The first-order valence-corrected chi connectivity index (χ1v) is 6.53. The van der Waals surface area contributed by atoms with Crippen molar-refractivity contribution in [2.75, 3.05) is 24.6 Å². The fraction of sp³-hybridized carbons (Fsp3) is 0.333. The molecule has 0 aromatic heterocycles. The van der Waals surface area contributed by atoms with Gasteiger partial charge >= 0.3 is 6.09 Å². The number of nitrogens with two attached hydrogens (primary N) is 1. The predicted molar refractivity (Wildman–Crippen MR) is 69.4 cm³/mol. The Hall–Kier alpha value is -1.69. The topological polar surface area (TPSA) is 72.6 Å². The Morgan fingerprint density at radius 3 is 3.00 bits per heavy atom. The van der Waals surface area contributed by atoms with Gasteiger partial charge in [-0.1, -0.05) is 12.1 Å². The molecule has 1 fully saturated rings. The van der Waals surface area contributed by atoms with Crippen molar-refractivity contribution >= 4 is 29.4 Å². The largest absolute Gasteiger partial charge is 0.447 e. The number of para-hydroxylation sites is 1. The van der Waals surface area contributed by atoms with Gasteiger partial charge in [0.05, 0.1) is 12.3 Å². The number of rotatable bonds is 3. The second-order valence-corrected chi connectivity index (χ2v) is 4.95. The molecule has 2 rings (SSSR count). The van der Waals surface area contributed by atoms with E-state index in [9.17, 15) is 9.59 Å². The highest BCUT2D eigenvalue weighted by Gasteiger charge is 2.28. The summed E-state index contributed by atoms with van der Waals surface area (Å²) in [5.41, 5.74) is 7.57. The molecule has 2 N–H and O–H groups in total. The number of ether oxygens (including phenoxy) is 1. The maximum atomic E-state index is 11.8. The van der Waals surface area contributed by atoms with Gasteiger partial charge in [0.15, 0.2) is 0 Å². The molecule has 0 saturated carbocycles. The zero-order valence-electron chi connectivity index (χ0n) is 10.0. The van der Waals surface area contributed by atoms with Crippen molar-refractivity contribution in [3.05, 3.63) is 23.8 Å². The van der Waals surface area contributed by atoms with Crippen LogP contribution in [0, 0.1) is 6.92 Å². The lowest BCUT2D eigenvalue weighted by Gasteiger charge is -2.11. The number of cyclic esters (lactones) is 1. The number of thioether (sulfide) groups is 1. The molecule has 1 heterocycles. The number of amides is 2. The molecule has 1 aromatic rings. The zero-order chi connectivity index (χ0) is 13.1. The Morgan fingerprint density at radius 1 is 1.56 bits per heavy atom. The SMILES string of the molecule is Cc1cccc(SCC(=O)N2CCOC2=O)c1N. The molecule has 1 aliphatic rings. The Kier molecular flexibility index (Phi) is 3.76. The Bertz CT molecular complexity index is 490. The number of carbonyl (C=O) groups excluding carboxylic acids is 2. The van der Waals surface area contributed by atoms with Crippen molar-refractivity contribution in [2.45, 2.75) is 11.8 Å². The molecule has 0 bridgehead atoms. The highest BCUT2D eigenvalue weighted by molar-refractivity contribution is 8.00. The van der Waals surface area contributed by atoms with E-state index in [2.05, 4.69) is 0 Å². The number of aryl methyl sites for hydroxylation is 1. The molecule has 1 aromatic carbocycles. The Balaban J connectivity index is 1.97. The van der Waals surface area contributed by atoms with Crippen LogP contribution >= 0.6 is 11.8 Å². The molecule has 0 unspecified atom stereocenters. The molecule has 1 saturated heterocycles. The van der Waals surface area contributed by atoms with Gasteiger partial charge in [-0.2, -0.15) is 0 Å². The third-order valence-electron chi connectivity index (χ3n) is 2.70. The molecule has 0 spiro atoms. The minimum atomic E-state index is -0.558. The Morgan fingerprint density at radius 2 is 2.33 bits per heavy atom. The number of hydrogen-bond acceptors (Lipinski definition) is 5. The van der Waals surface area contributed by atoms with E-state index in [1.54, 1.807) is 0 Å². The van der Waals surface area contributed by atoms with Crippen molar-refractivity contribution in [1.29, 1.82) is 0 Å². The van der Waals surface area contributed by atoms with Crippen molar-refractivity contribution in [1.82, 2.24) is 4.90 Å². The summed E-state index contributed by atoms with van der Waals surface area (Å²) in [4.78, 5) is 25.0. The van der Waals surface area contributed by atoms with Crippen LogP contribution in [-0.2, 0) is 9.53 Å². The first kappa shape index (κ1) is 12.8. The molecular formula is C12H14N2O3S. The number of benzene rings is 1. The number of imide groups is 1. The Labute approximate surface area is 109 Å². The maximum absolute atomic E-state index is 11.8. The van der Waals surface area contributed by atoms with Crippen LogP contribution < -0.4 is 5.73 Å². The van der Waals surface area contributed by atoms with Crippen LogP contribution in [0.1, 0.15) is 5.56 Å². The van der Waals surface area contributed by atoms with Gasteiger partial charge in [0, 0.05) is 10.6 Å². The van der Waals surface area contributed by atoms with E-state index in [4.69, 9.17) is 10.5 Å². The van der Waals surface area contributed by atoms with E-state index < -0.39 is 6.09 Å². The monoisotopic (exact) mass is 266 g/mol. The van der Waals surface area contributed by atoms with E-state index in [0.717, 1.165) is 15.4 Å². The number of anilines is 1. The van der Waals surface area contributed by atoms with E-state index >= 15 is 0 Å². The molecule has 6 heteroatoms. The second kappa shape index (κ2) is 5.30. The molecule has 5 nitrogen and oxygen atoms in total. The maximum Gasteiger partial charge on any atom is 0.416 e. The van der Waals surface area contributed by atoms with Crippen LogP contribution in [0.25, 0.3) is 0 Å². The van der Waals surface area contributed by atoms with Crippen LogP contribution in [0.2, 0.25) is 0 Å². The molecule has 96 valence electrons. The van der Waals surface area contributed by atoms with Crippen molar-refractivity contribution < 1.29 is 14.3 Å². The predicted octanol–water partition coefficient (Wildman–Crippen LogP) is 1.65. The van der Waals surface area contributed by atoms with E-state index in [0.29, 0.717) is 12.2 Å². The number of nitrogen functional groups attached to an aromatic ring is 1. The summed E-state index contributed by atoms with van der Waals surface area (Å²) in [6, 6.07) is 5.67. The molecular weight excluding hydrogens is 252 g/mol. The molecule has 18 heavy (non-hydrogen) atoms. The first-order chi connectivity index (χ1) is 8.59. The van der Waals surface area contributed by atoms with Crippen LogP contribution in [0.4, 0.5) is 10.5 Å². The average Bonchev–Trinajstić information content (AvgIpc) is 2.77. The average molecular weight is 266 g/mol. The van der Waals surface area contributed by atoms with Crippen molar-refractivity contribution in [3.63, 3.8) is 0 Å². The smallest absolute Gasteiger partial charge is 0.416 e.